The highest BCUT2D eigenvalue weighted by atomic mass is 35.5. The lowest BCUT2D eigenvalue weighted by Crippen LogP contribution is -2.43. The van der Waals surface area contributed by atoms with Gasteiger partial charge < -0.3 is 20.6 Å². The fraction of sp³-hybridized carbons (Fsp3) is 0.292. The van der Waals surface area contributed by atoms with Crippen LogP contribution in [0.4, 0.5) is 4.39 Å². The van der Waals surface area contributed by atoms with Crippen molar-refractivity contribution in [3.05, 3.63) is 76.7 Å². The number of nitrogens with zero attached hydrogens (tertiary/aromatic N) is 1. The molecule has 3 aromatic rings. The predicted molar refractivity (Wildman–Crippen MR) is 123 cm³/mol. The number of amides is 1. The van der Waals surface area contributed by atoms with E-state index in [0.29, 0.717) is 28.3 Å². The van der Waals surface area contributed by atoms with Crippen molar-refractivity contribution in [1.29, 1.82) is 0 Å². The average molecular weight is 474 g/mol. The summed E-state index contributed by atoms with van der Waals surface area (Å²) in [4.78, 5) is 28.1. The zero-order valence-electron chi connectivity index (χ0n) is 18.2. The van der Waals surface area contributed by atoms with Crippen LogP contribution in [0.5, 0.6) is 0 Å². The SMILES string of the molecule is CC(C)c1coc(C(=O)NC(Cc2ccc(-c3cc(Cl)ccc3F)cc2)C[C@@H](N)C(=O)O)n1. The number of aromatic nitrogens is 1. The predicted octanol–water partition coefficient (Wildman–Crippen LogP) is 4.40. The fourth-order valence-corrected chi connectivity index (χ4v) is 3.50. The third-order valence-corrected chi connectivity index (χ3v) is 5.41. The van der Waals surface area contributed by atoms with E-state index < -0.39 is 29.8 Å². The zero-order chi connectivity index (χ0) is 24.1. The van der Waals surface area contributed by atoms with Gasteiger partial charge in [0.1, 0.15) is 18.1 Å². The van der Waals surface area contributed by atoms with Gasteiger partial charge in [-0.15, -0.1) is 0 Å². The normalized spacial score (nSPS) is 13.0. The maximum atomic E-state index is 14.2. The lowest BCUT2D eigenvalue weighted by molar-refractivity contribution is -0.138. The number of nitrogens with two attached hydrogens (primary N) is 1. The Morgan fingerprint density at radius 2 is 1.91 bits per heavy atom. The molecule has 2 aromatic carbocycles. The number of aliphatic carboxylic acids is 1. The Bertz CT molecular complexity index is 1130. The summed E-state index contributed by atoms with van der Waals surface area (Å²) < 4.78 is 19.4. The first-order chi connectivity index (χ1) is 15.6. The number of nitrogens with one attached hydrogen (secondary N) is 1. The molecule has 33 heavy (non-hydrogen) atoms. The summed E-state index contributed by atoms with van der Waals surface area (Å²) >= 11 is 5.98. The van der Waals surface area contributed by atoms with Gasteiger partial charge in [-0.1, -0.05) is 49.7 Å². The molecule has 0 aliphatic heterocycles. The Morgan fingerprint density at radius 1 is 1.21 bits per heavy atom. The summed E-state index contributed by atoms with van der Waals surface area (Å²) in [6.07, 6.45) is 1.73. The summed E-state index contributed by atoms with van der Waals surface area (Å²) in [6.45, 7) is 3.85. The van der Waals surface area contributed by atoms with Crippen LogP contribution >= 0.6 is 11.6 Å². The first-order valence-electron chi connectivity index (χ1n) is 10.4. The van der Waals surface area contributed by atoms with Crippen molar-refractivity contribution in [3.63, 3.8) is 0 Å². The highest BCUT2D eigenvalue weighted by molar-refractivity contribution is 6.30. The molecule has 9 heteroatoms. The van der Waals surface area contributed by atoms with E-state index in [2.05, 4.69) is 10.3 Å². The molecular formula is C24H25ClFN3O4. The van der Waals surface area contributed by atoms with Crippen LogP contribution in [-0.2, 0) is 11.2 Å². The number of benzene rings is 2. The van der Waals surface area contributed by atoms with Gasteiger partial charge in [-0.2, -0.15) is 0 Å². The van der Waals surface area contributed by atoms with Gasteiger partial charge in [-0.05, 0) is 48.1 Å². The number of carbonyl (C=O) groups is 2. The summed E-state index contributed by atoms with van der Waals surface area (Å²) in [5.41, 5.74) is 8.18. The van der Waals surface area contributed by atoms with Crippen molar-refractivity contribution in [1.82, 2.24) is 10.3 Å². The Morgan fingerprint density at radius 3 is 2.52 bits per heavy atom. The van der Waals surface area contributed by atoms with E-state index in [1.165, 1.54) is 18.4 Å². The molecule has 1 aromatic heterocycles. The van der Waals surface area contributed by atoms with Crippen molar-refractivity contribution in [2.45, 2.75) is 44.7 Å². The van der Waals surface area contributed by atoms with Gasteiger partial charge in [0.05, 0.1) is 5.69 Å². The first kappa shape index (κ1) is 24.4. The molecule has 4 N–H and O–H groups in total. The maximum Gasteiger partial charge on any atom is 0.320 e. The Kier molecular flexibility index (Phi) is 7.84. The lowest BCUT2D eigenvalue weighted by atomic mass is 9.97. The molecule has 2 atom stereocenters. The highest BCUT2D eigenvalue weighted by Crippen LogP contribution is 2.26. The Balaban J connectivity index is 1.77. The second-order valence-corrected chi connectivity index (χ2v) is 8.54. The fourth-order valence-electron chi connectivity index (χ4n) is 3.33. The van der Waals surface area contributed by atoms with Crippen LogP contribution in [0.2, 0.25) is 5.02 Å². The summed E-state index contributed by atoms with van der Waals surface area (Å²) in [5, 5.41) is 12.4. The van der Waals surface area contributed by atoms with E-state index in [-0.39, 0.29) is 18.2 Å². The number of halogens is 2. The van der Waals surface area contributed by atoms with E-state index >= 15 is 0 Å². The molecule has 0 radical (unpaired) electrons. The topological polar surface area (TPSA) is 118 Å². The average Bonchev–Trinajstić information content (AvgIpc) is 3.27. The van der Waals surface area contributed by atoms with E-state index in [1.54, 1.807) is 30.3 Å². The van der Waals surface area contributed by atoms with Crippen molar-refractivity contribution in [2.24, 2.45) is 5.73 Å². The van der Waals surface area contributed by atoms with E-state index in [0.717, 1.165) is 5.56 Å². The second-order valence-electron chi connectivity index (χ2n) is 8.11. The van der Waals surface area contributed by atoms with E-state index in [1.807, 2.05) is 13.8 Å². The minimum Gasteiger partial charge on any atom is -0.480 e. The molecule has 0 aliphatic carbocycles. The smallest absolute Gasteiger partial charge is 0.320 e. The van der Waals surface area contributed by atoms with Crippen LogP contribution in [0.3, 0.4) is 0 Å². The van der Waals surface area contributed by atoms with Crippen molar-refractivity contribution in [3.8, 4) is 11.1 Å². The monoisotopic (exact) mass is 473 g/mol. The quantitative estimate of drug-likeness (QED) is 0.424. The van der Waals surface area contributed by atoms with Crippen LogP contribution < -0.4 is 11.1 Å². The third-order valence-electron chi connectivity index (χ3n) is 5.17. The molecule has 1 unspecified atom stereocenters. The lowest BCUT2D eigenvalue weighted by Gasteiger charge is -2.20. The molecule has 0 saturated carbocycles. The van der Waals surface area contributed by atoms with Crippen LogP contribution in [0.1, 0.15) is 48.1 Å². The minimum atomic E-state index is -1.17. The number of hydrogen-bond acceptors (Lipinski definition) is 5. The van der Waals surface area contributed by atoms with Gasteiger partial charge in [-0.3, -0.25) is 9.59 Å². The highest BCUT2D eigenvalue weighted by Gasteiger charge is 2.24. The third kappa shape index (κ3) is 6.40. The van der Waals surface area contributed by atoms with E-state index in [9.17, 15) is 19.1 Å². The Labute approximate surface area is 195 Å². The molecule has 0 saturated heterocycles. The number of carboxylic acid groups (broad SMARTS) is 1. The molecule has 1 heterocycles. The van der Waals surface area contributed by atoms with Crippen LogP contribution in [-0.4, -0.2) is 34.1 Å². The maximum absolute atomic E-state index is 14.2. The van der Waals surface area contributed by atoms with Gasteiger partial charge in [0.25, 0.3) is 5.89 Å². The molecule has 1 amide bonds. The summed E-state index contributed by atoms with van der Waals surface area (Å²) in [7, 11) is 0. The summed E-state index contributed by atoms with van der Waals surface area (Å²) in [5.74, 6) is -2.12. The first-order valence-corrected chi connectivity index (χ1v) is 10.8. The van der Waals surface area contributed by atoms with Crippen LogP contribution in [0, 0.1) is 5.82 Å². The zero-order valence-corrected chi connectivity index (χ0v) is 19.0. The van der Waals surface area contributed by atoms with Crippen molar-refractivity contribution < 1.29 is 23.5 Å². The molecule has 0 spiro atoms. The van der Waals surface area contributed by atoms with Gasteiger partial charge in [0.2, 0.25) is 0 Å². The second kappa shape index (κ2) is 10.6. The molecular weight excluding hydrogens is 449 g/mol. The molecule has 3 rings (SSSR count). The van der Waals surface area contributed by atoms with E-state index in [4.69, 9.17) is 21.8 Å². The van der Waals surface area contributed by atoms with Gasteiger partial charge in [-0.25, -0.2) is 9.37 Å². The molecule has 7 nitrogen and oxygen atoms in total. The number of hydrogen-bond donors (Lipinski definition) is 3. The summed E-state index contributed by atoms with van der Waals surface area (Å²) in [6, 6.07) is 9.61. The molecule has 0 aliphatic rings. The Hall–Kier alpha value is -3.23. The number of oxazole rings is 1. The van der Waals surface area contributed by atoms with Crippen molar-refractivity contribution >= 4 is 23.5 Å². The van der Waals surface area contributed by atoms with Crippen molar-refractivity contribution in [2.75, 3.05) is 0 Å². The van der Waals surface area contributed by atoms with Crippen LogP contribution in [0.15, 0.2) is 53.1 Å². The molecule has 174 valence electrons. The molecule has 0 fully saturated rings. The number of carbonyl (C=O) groups excluding carboxylic acids is 1. The van der Waals surface area contributed by atoms with Gasteiger partial charge in [0.15, 0.2) is 0 Å². The van der Waals surface area contributed by atoms with Gasteiger partial charge in [0, 0.05) is 16.6 Å². The standard InChI is InChI=1S/C24H25ClFN3O4/c1-13(2)21-12-33-23(29-21)22(30)28-17(11-20(27)24(31)32)9-14-3-5-15(6-4-14)18-10-16(25)7-8-19(18)26/h3-8,10,12-13,17,20H,9,11,27H2,1-2H3,(H,28,30)(H,31,32)/t17?,20-/m1/s1. The molecule has 0 bridgehead atoms. The largest absolute Gasteiger partial charge is 0.480 e. The van der Waals surface area contributed by atoms with Gasteiger partial charge >= 0.3 is 11.9 Å². The minimum absolute atomic E-state index is 0.00346. The van der Waals surface area contributed by atoms with Crippen LogP contribution in [0.25, 0.3) is 11.1 Å². The number of rotatable bonds is 9. The number of carboxylic acids is 1.